The van der Waals surface area contributed by atoms with Crippen LogP contribution in [0.15, 0.2) is 24.3 Å². The summed E-state index contributed by atoms with van der Waals surface area (Å²) < 4.78 is 12.8. The highest BCUT2D eigenvalue weighted by atomic mass is 19.1. The van der Waals surface area contributed by atoms with Gasteiger partial charge in [-0.05, 0) is 24.6 Å². The van der Waals surface area contributed by atoms with E-state index in [-0.39, 0.29) is 12.4 Å². The molecule has 0 aromatic heterocycles. The number of rotatable bonds is 5. The van der Waals surface area contributed by atoms with E-state index in [2.05, 4.69) is 5.32 Å². The summed E-state index contributed by atoms with van der Waals surface area (Å²) in [6, 6.07) is 6.03. The monoisotopic (exact) mass is 267 g/mol. The van der Waals surface area contributed by atoms with Gasteiger partial charge in [0.25, 0.3) is 0 Å². The third kappa shape index (κ3) is 4.05. The molecule has 1 atom stereocenters. The smallest absolute Gasteiger partial charge is 0.315 e. The first-order valence-electron chi connectivity index (χ1n) is 6.00. The molecule has 1 amide bonds. The highest BCUT2D eigenvalue weighted by Gasteiger charge is 2.25. The molecule has 0 aliphatic carbocycles. The summed E-state index contributed by atoms with van der Waals surface area (Å²) in [7, 11) is 0. The van der Waals surface area contributed by atoms with Gasteiger partial charge in [-0.3, -0.25) is 9.59 Å². The molecule has 1 aromatic rings. The van der Waals surface area contributed by atoms with Crippen LogP contribution in [0.3, 0.4) is 0 Å². The molecular weight excluding hydrogens is 249 g/mol. The third-order valence-corrected chi connectivity index (χ3v) is 3.09. The van der Waals surface area contributed by atoms with Gasteiger partial charge < -0.3 is 10.4 Å². The van der Waals surface area contributed by atoms with E-state index >= 15 is 0 Å². The Hall–Kier alpha value is -1.91. The number of nitrogens with one attached hydrogen (secondary N) is 1. The lowest BCUT2D eigenvalue weighted by molar-refractivity contribution is -0.146. The van der Waals surface area contributed by atoms with Crippen molar-refractivity contribution in [3.8, 4) is 0 Å². The number of benzene rings is 1. The summed E-state index contributed by atoms with van der Waals surface area (Å²) in [6.45, 7) is 5.41. The van der Waals surface area contributed by atoms with E-state index in [0.29, 0.717) is 0 Å². The predicted molar refractivity (Wildman–Crippen MR) is 69.2 cm³/mol. The molecule has 1 rings (SSSR count). The molecule has 19 heavy (non-hydrogen) atoms. The molecule has 0 spiro atoms. The molecule has 1 aromatic carbocycles. The Labute approximate surface area is 111 Å². The summed E-state index contributed by atoms with van der Waals surface area (Å²) in [5.74, 6) is -3.08. The van der Waals surface area contributed by atoms with E-state index in [4.69, 9.17) is 5.11 Å². The molecule has 0 saturated carbocycles. The maximum atomic E-state index is 12.8. The van der Waals surface area contributed by atoms with Gasteiger partial charge in [-0.1, -0.05) is 26.0 Å². The van der Waals surface area contributed by atoms with Crippen LogP contribution in [-0.4, -0.2) is 23.5 Å². The Morgan fingerprint density at radius 1 is 1.32 bits per heavy atom. The molecule has 0 bridgehead atoms. The Balaban J connectivity index is 2.67. The summed E-state index contributed by atoms with van der Waals surface area (Å²) >= 11 is 0. The van der Waals surface area contributed by atoms with Gasteiger partial charge in [0.1, 0.15) is 11.7 Å². The number of carboxylic acids is 1. The van der Waals surface area contributed by atoms with Crippen molar-refractivity contribution in [1.82, 2.24) is 5.32 Å². The third-order valence-electron chi connectivity index (χ3n) is 3.09. The second kappa shape index (κ2) is 5.82. The minimum Gasteiger partial charge on any atom is -0.481 e. The van der Waals surface area contributed by atoms with Crippen molar-refractivity contribution in [3.05, 3.63) is 35.6 Å². The Morgan fingerprint density at radius 3 is 2.32 bits per heavy atom. The maximum Gasteiger partial charge on any atom is 0.315 e. The first kappa shape index (κ1) is 15.1. The Morgan fingerprint density at radius 2 is 1.84 bits per heavy atom. The first-order chi connectivity index (χ1) is 8.74. The van der Waals surface area contributed by atoms with E-state index in [1.165, 1.54) is 19.1 Å². The van der Waals surface area contributed by atoms with Crippen molar-refractivity contribution < 1.29 is 19.1 Å². The van der Waals surface area contributed by atoms with E-state index in [1.807, 2.05) is 13.8 Å². The van der Waals surface area contributed by atoms with Crippen molar-refractivity contribution in [2.75, 3.05) is 6.54 Å². The number of hydrogen-bond acceptors (Lipinski definition) is 2. The number of aliphatic carboxylic acids is 1. The van der Waals surface area contributed by atoms with E-state index in [0.717, 1.165) is 5.56 Å². The first-order valence-corrected chi connectivity index (χ1v) is 6.00. The number of carbonyl (C=O) groups excluding carboxylic acids is 1. The molecule has 0 fully saturated rings. The number of halogens is 1. The highest BCUT2D eigenvalue weighted by Crippen LogP contribution is 2.22. The molecule has 0 saturated heterocycles. The maximum absolute atomic E-state index is 12.8. The second-order valence-electron chi connectivity index (χ2n) is 5.17. The SMILES string of the molecule is CC(C(=O)O)C(=O)NCC(C)(C)c1ccc(F)cc1. The fourth-order valence-corrected chi connectivity index (χ4v) is 1.58. The zero-order valence-electron chi connectivity index (χ0n) is 11.2. The van der Waals surface area contributed by atoms with Crippen molar-refractivity contribution in [2.45, 2.75) is 26.2 Å². The fourth-order valence-electron chi connectivity index (χ4n) is 1.58. The number of carbonyl (C=O) groups is 2. The number of carboxylic acid groups (broad SMARTS) is 1. The van der Waals surface area contributed by atoms with Crippen LogP contribution in [0.25, 0.3) is 0 Å². The van der Waals surface area contributed by atoms with Gasteiger partial charge in [-0.25, -0.2) is 4.39 Å². The van der Waals surface area contributed by atoms with Crippen molar-refractivity contribution >= 4 is 11.9 Å². The number of amides is 1. The predicted octanol–water partition coefficient (Wildman–Crippen LogP) is 1.94. The second-order valence-corrected chi connectivity index (χ2v) is 5.17. The molecular formula is C14H18FNO3. The lowest BCUT2D eigenvalue weighted by Gasteiger charge is -2.26. The molecule has 0 heterocycles. The minimum atomic E-state index is -1.16. The van der Waals surface area contributed by atoms with Gasteiger partial charge >= 0.3 is 5.97 Å². The molecule has 0 aliphatic heterocycles. The van der Waals surface area contributed by atoms with Crippen molar-refractivity contribution in [2.24, 2.45) is 5.92 Å². The summed E-state index contributed by atoms with van der Waals surface area (Å²) in [6.07, 6.45) is 0. The van der Waals surface area contributed by atoms with Crippen molar-refractivity contribution in [1.29, 1.82) is 0 Å². The normalized spacial score (nSPS) is 12.8. The standard InChI is InChI=1S/C14H18FNO3/c1-9(13(18)19)12(17)16-8-14(2,3)10-4-6-11(15)7-5-10/h4-7,9H,8H2,1-3H3,(H,16,17)(H,18,19). The molecule has 4 nitrogen and oxygen atoms in total. The fraction of sp³-hybridized carbons (Fsp3) is 0.429. The van der Waals surface area contributed by atoms with E-state index in [1.54, 1.807) is 12.1 Å². The van der Waals surface area contributed by atoms with Crippen LogP contribution >= 0.6 is 0 Å². The van der Waals surface area contributed by atoms with Crippen LogP contribution in [0.5, 0.6) is 0 Å². The average molecular weight is 267 g/mol. The Bertz CT molecular complexity index is 468. The van der Waals surface area contributed by atoms with Crippen molar-refractivity contribution in [3.63, 3.8) is 0 Å². The summed E-state index contributed by atoms with van der Waals surface area (Å²) in [4.78, 5) is 22.2. The Kier molecular flexibility index (Phi) is 4.64. The molecule has 0 aliphatic rings. The van der Waals surface area contributed by atoms with Crippen LogP contribution in [-0.2, 0) is 15.0 Å². The quantitative estimate of drug-likeness (QED) is 0.801. The van der Waals surface area contributed by atoms with Crippen LogP contribution < -0.4 is 5.32 Å². The van der Waals surface area contributed by atoms with Crippen LogP contribution in [0.2, 0.25) is 0 Å². The molecule has 2 N–H and O–H groups in total. The molecule has 0 radical (unpaired) electrons. The van der Waals surface area contributed by atoms with E-state index in [9.17, 15) is 14.0 Å². The summed E-state index contributed by atoms with van der Waals surface area (Å²) in [5.41, 5.74) is 0.471. The van der Waals surface area contributed by atoms with Gasteiger partial charge in [0.15, 0.2) is 0 Å². The lowest BCUT2D eigenvalue weighted by atomic mass is 9.84. The van der Waals surface area contributed by atoms with Gasteiger partial charge in [-0.15, -0.1) is 0 Å². The number of hydrogen-bond donors (Lipinski definition) is 2. The topological polar surface area (TPSA) is 66.4 Å². The molecule has 104 valence electrons. The zero-order chi connectivity index (χ0) is 14.6. The lowest BCUT2D eigenvalue weighted by Crippen LogP contribution is -2.41. The zero-order valence-corrected chi connectivity index (χ0v) is 11.2. The molecule has 1 unspecified atom stereocenters. The molecule has 5 heteroatoms. The largest absolute Gasteiger partial charge is 0.481 e. The van der Waals surface area contributed by atoms with Gasteiger partial charge in [0.2, 0.25) is 5.91 Å². The van der Waals surface area contributed by atoms with Crippen LogP contribution in [0, 0.1) is 11.7 Å². The minimum absolute atomic E-state index is 0.287. The highest BCUT2D eigenvalue weighted by molar-refractivity contribution is 5.96. The summed E-state index contributed by atoms with van der Waals surface area (Å²) in [5, 5.41) is 11.3. The van der Waals surface area contributed by atoms with Gasteiger partial charge in [0.05, 0.1) is 0 Å². The van der Waals surface area contributed by atoms with Crippen LogP contribution in [0.4, 0.5) is 4.39 Å². The van der Waals surface area contributed by atoms with E-state index < -0.39 is 23.2 Å². The van der Waals surface area contributed by atoms with Gasteiger partial charge in [0, 0.05) is 12.0 Å². The van der Waals surface area contributed by atoms with Crippen LogP contribution in [0.1, 0.15) is 26.3 Å². The average Bonchev–Trinajstić information content (AvgIpc) is 2.35. The van der Waals surface area contributed by atoms with Gasteiger partial charge in [-0.2, -0.15) is 0 Å².